The number of hydrogen-bond acceptors (Lipinski definition) is 3. The third kappa shape index (κ3) is 4.22. The van der Waals surface area contributed by atoms with E-state index in [-0.39, 0.29) is 17.8 Å². The zero-order valence-corrected chi connectivity index (χ0v) is 6.15. The molecule has 0 saturated carbocycles. The summed E-state index contributed by atoms with van der Waals surface area (Å²) in [5.74, 6) is -0.910. The first-order chi connectivity index (χ1) is 4.54. The van der Waals surface area contributed by atoms with E-state index < -0.39 is 12.0 Å². The van der Waals surface area contributed by atoms with Crippen LogP contribution in [-0.2, 0) is 4.79 Å². The Morgan fingerprint density at radius 3 is 2.60 bits per heavy atom. The number of nitrogens with two attached hydrogens (primary N) is 1. The van der Waals surface area contributed by atoms with Gasteiger partial charge in [0.05, 0.1) is 6.04 Å². The van der Waals surface area contributed by atoms with Gasteiger partial charge in [-0.3, -0.25) is 10.5 Å². The number of nitrogens with one attached hydrogen (secondary N) is 1. The molecule has 4 N–H and O–H groups in total. The van der Waals surface area contributed by atoms with Crippen LogP contribution < -0.4 is 11.5 Å². The maximum absolute atomic E-state index is 9.97. The fraction of sp³-hybridized carbons (Fsp3) is 0.600. The zero-order valence-electron chi connectivity index (χ0n) is 5.33. The van der Waals surface area contributed by atoms with Gasteiger partial charge in [-0.05, 0) is 6.42 Å². The Morgan fingerprint density at radius 1 is 1.80 bits per heavy atom. The zero-order chi connectivity index (χ0) is 8.15. The van der Waals surface area contributed by atoms with E-state index in [1.807, 2.05) is 0 Å². The lowest BCUT2D eigenvalue weighted by Gasteiger charge is -2.04. The number of carboxylic acid groups (broad SMARTS) is 1. The molecule has 0 amide bonds. The van der Waals surface area contributed by atoms with Crippen LogP contribution >= 0.6 is 12.2 Å². The minimum atomic E-state index is -0.910. The molecule has 0 heterocycles. The molecule has 57 valence electrons. The van der Waals surface area contributed by atoms with E-state index in [1.54, 1.807) is 0 Å². The first kappa shape index (κ1) is 9.32. The molecule has 10 heavy (non-hydrogen) atoms. The van der Waals surface area contributed by atoms with E-state index >= 15 is 0 Å². The van der Waals surface area contributed by atoms with Crippen molar-refractivity contribution in [2.75, 3.05) is 0 Å². The number of thiocarbonyl (C=S) groups is 1. The average molecular weight is 161 g/mol. The van der Waals surface area contributed by atoms with Gasteiger partial charge in [-0.2, -0.15) is 0 Å². The Labute approximate surface area is 64.2 Å². The van der Waals surface area contributed by atoms with Gasteiger partial charge in [0.15, 0.2) is 0 Å². The molecular formula is C5H9N2O2S. The third-order valence-electron chi connectivity index (χ3n) is 1.01. The lowest BCUT2D eigenvalue weighted by molar-refractivity contribution is -0.137. The molecule has 0 fully saturated rings. The van der Waals surface area contributed by atoms with E-state index in [1.165, 1.54) is 0 Å². The monoisotopic (exact) mass is 161 g/mol. The molecule has 0 aromatic rings. The van der Waals surface area contributed by atoms with Gasteiger partial charge in [-0.15, -0.1) is 0 Å². The SMILES string of the molecule is [NH]C(=S)C(N)CCC(=O)O. The van der Waals surface area contributed by atoms with Gasteiger partial charge >= 0.3 is 5.97 Å². The number of carboxylic acids is 1. The van der Waals surface area contributed by atoms with Crippen molar-refractivity contribution < 1.29 is 9.90 Å². The summed E-state index contributed by atoms with van der Waals surface area (Å²) in [6, 6.07) is -0.578. The van der Waals surface area contributed by atoms with Gasteiger partial charge < -0.3 is 10.8 Å². The Hall–Kier alpha value is -0.680. The number of aliphatic carboxylic acids is 1. The Morgan fingerprint density at radius 2 is 2.30 bits per heavy atom. The van der Waals surface area contributed by atoms with E-state index in [4.69, 9.17) is 16.6 Å². The molecule has 0 aromatic carbocycles. The van der Waals surface area contributed by atoms with Crippen molar-refractivity contribution >= 4 is 23.2 Å². The Bertz CT molecular complexity index is 149. The molecule has 0 aromatic heterocycles. The van der Waals surface area contributed by atoms with Crippen molar-refractivity contribution in [3.63, 3.8) is 0 Å². The van der Waals surface area contributed by atoms with Gasteiger partial charge in [0.25, 0.3) is 0 Å². The van der Waals surface area contributed by atoms with E-state index in [0.717, 1.165) is 0 Å². The maximum Gasteiger partial charge on any atom is 0.303 e. The minimum absolute atomic E-state index is 0.0276. The van der Waals surface area contributed by atoms with Crippen molar-refractivity contribution in [2.24, 2.45) is 5.73 Å². The Balaban J connectivity index is 3.49. The Kier molecular flexibility index (Phi) is 3.90. The maximum atomic E-state index is 9.97. The lowest BCUT2D eigenvalue weighted by atomic mass is 10.2. The molecule has 0 aliphatic heterocycles. The molecule has 0 spiro atoms. The normalized spacial score (nSPS) is 12.5. The highest BCUT2D eigenvalue weighted by atomic mass is 32.1. The standard InChI is InChI=1S/C5H9N2O2S/c6-3(5(7)10)1-2-4(8)9/h3,7H,1-2,6H2,(H,8,9). The van der Waals surface area contributed by atoms with Gasteiger partial charge in [0, 0.05) is 6.42 Å². The summed E-state index contributed by atoms with van der Waals surface area (Å²) >= 11 is 4.42. The largest absolute Gasteiger partial charge is 0.481 e. The van der Waals surface area contributed by atoms with Crippen LogP contribution in [0.1, 0.15) is 12.8 Å². The molecule has 4 nitrogen and oxygen atoms in total. The van der Waals surface area contributed by atoms with Crippen molar-refractivity contribution in [1.29, 1.82) is 0 Å². The fourth-order valence-electron chi connectivity index (χ4n) is 0.410. The molecule has 0 aliphatic rings. The van der Waals surface area contributed by atoms with Crippen molar-refractivity contribution in [1.82, 2.24) is 5.73 Å². The summed E-state index contributed by atoms with van der Waals surface area (Å²) in [6.07, 6.45) is 0.220. The van der Waals surface area contributed by atoms with Gasteiger partial charge in [-0.25, -0.2) is 0 Å². The molecule has 0 saturated heterocycles. The topological polar surface area (TPSA) is 87.1 Å². The van der Waals surface area contributed by atoms with E-state index in [9.17, 15) is 4.79 Å². The highest BCUT2D eigenvalue weighted by molar-refractivity contribution is 7.80. The van der Waals surface area contributed by atoms with Crippen LogP contribution in [0.3, 0.4) is 0 Å². The highest BCUT2D eigenvalue weighted by Gasteiger charge is 2.07. The van der Waals surface area contributed by atoms with Gasteiger partial charge in [-0.1, -0.05) is 12.2 Å². The van der Waals surface area contributed by atoms with Crippen LogP contribution in [0.4, 0.5) is 0 Å². The number of rotatable bonds is 4. The summed E-state index contributed by atoms with van der Waals surface area (Å²) in [5.41, 5.74) is 12.1. The average Bonchev–Trinajstić information content (AvgIpc) is 1.82. The van der Waals surface area contributed by atoms with Crippen LogP contribution in [0, 0.1) is 0 Å². The molecule has 1 atom stereocenters. The summed E-state index contributed by atoms with van der Waals surface area (Å²) in [5, 5.41) is 8.18. The number of hydrogen-bond donors (Lipinski definition) is 2. The van der Waals surface area contributed by atoms with Crippen LogP contribution in [0.2, 0.25) is 0 Å². The lowest BCUT2D eigenvalue weighted by Crippen LogP contribution is -2.30. The molecular weight excluding hydrogens is 152 g/mol. The second-order valence-corrected chi connectivity index (χ2v) is 2.34. The quantitative estimate of drug-likeness (QED) is 0.558. The minimum Gasteiger partial charge on any atom is -0.481 e. The second kappa shape index (κ2) is 4.19. The molecule has 0 aliphatic carbocycles. The smallest absolute Gasteiger partial charge is 0.303 e. The number of carbonyl (C=O) groups is 1. The van der Waals surface area contributed by atoms with Crippen LogP contribution in [0.25, 0.3) is 0 Å². The van der Waals surface area contributed by atoms with Crippen molar-refractivity contribution in [3.8, 4) is 0 Å². The van der Waals surface area contributed by atoms with E-state index in [0.29, 0.717) is 0 Å². The van der Waals surface area contributed by atoms with E-state index in [2.05, 4.69) is 12.2 Å². The van der Waals surface area contributed by atoms with Crippen molar-refractivity contribution in [3.05, 3.63) is 0 Å². The predicted octanol–water partition coefficient (Wildman–Crippen LogP) is -0.211. The summed E-state index contributed by atoms with van der Waals surface area (Å²) < 4.78 is 0. The van der Waals surface area contributed by atoms with Crippen LogP contribution in [0.15, 0.2) is 0 Å². The van der Waals surface area contributed by atoms with Crippen LogP contribution in [0.5, 0.6) is 0 Å². The van der Waals surface area contributed by atoms with Gasteiger partial charge in [0.1, 0.15) is 4.99 Å². The summed E-state index contributed by atoms with van der Waals surface area (Å²) in [4.78, 5) is 9.88. The first-order valence-corrected chi connectivity index (χ1v) is 3.17. The highest BCUT2D eigenvalue weighted by Crippen LogP contribution is 1.94. The first-order valence-electron chi connectivity index (χ1n) is 2.77. The fourth-order valence-corrected chi connectivity index (χ4v) is 0.528. The van der Waals surface area contributed by atoms with Crippen molar-refractivity contribution in [2.45, 2.75) is 18.9 Å². The summed E-state index contributed by atoms with van der Waals surface area (Å²) in [6.45, 7) is 0. The molecule has 1 radical (unpaired) electrons. The molecule has 0 rings (SSSR count). The second-order valence-electron chi connectivity index (χ2n) is 1.90. The predicted molar refractivity (Wildman–Crippen MR) is 40.5 cm³/mol. The summed E-state index contributed by atoms with van der Waals surface area (Å²) in [7, 11) is 0. The third-order valence-corrected chi connectivity index (χ3v) is 1.31. The molecule has 5 heteroatoms. The van der Waals surface area contributed by atoms with Crippen LogP contribution in [-0.4, -0.2) is 22.1 Å². The molecule has 0 bridgehead atoms. The molecule has 1 unspecified atom stereocenters. The van der Waals surface area contributed by atoms with Gasteiger partial charge in [0.2, 0.25) is 0 Å².